The van der Waals surface area contributed by atoms with Crippen molar-refractivity contribution in [1.29, 1.82) is 0 Å². The Hall–Kier alpha value is -1.18. The maximum absolute atomic E-state index is 6.15. The van der Waals surface area contributed by atoms with E-state index in [0.717, 1.165) is 16.9 Å². The van der Waals surface area contributed by atoms with Crippen molar-refractivity contribution in [3.63, 3.8) is 0 Å². The number of para-hydroxylation sites is 1. The Morgan fingerprint density at radius 2 is 1.69 bits per heavy atom. The van der Waals surface area contributed by atoms with Crippen molar-refractivity contribution in [1.82, 2.24) is 0 Å². The Balaban J connectivity index is 2.58. The predicted octanol–water partition coefficient (Wildman–Crippen LogP) is 4.67. The van der Waals surface area contributed by atoms with Crippen LogP contribution in [0.3, 0.4) is 0 Å². The Morgan fingerprint density at radius 3 is 2.38 bits per heavy atom. The van der Waals surface area contributed by atoms with Crippen LogP contribution in [0.25, 0.3) is 11.1 Å². The molecule has 0 aliphatic carbocycles. The summed E-state index contributed by atoms with van der Waals surface area (Å²) in [7, 11) is 1.64. The summed E-state index contributed by atoms with van der Waals surface area (Å²) in [5, 5.41) is 1.25. The number of benzene rings is 2. The molecule has 2 aromatic carbocycles. The maximum atomic E-state index is 6.15. The van der Waals surface area contributed by atoms with Crippen LogP contribution in [-0.2, 0) is 0 Å². The largest absolute Gasteiger partial charge is 0.496 e. The van der Waals surface area contributed by atoms with Gasteiger partial charge in [-0.2, -0.15) is 0 Å². The summed E-state index contributed by atoms with van der Waals surface area (Å²) in [5.41, 5.74) is 1.88. The van der Waals surface area contributed by atoms with Gasteiger partial charge in [0.1, 0.15) is 5.75 Å². The molecule has 0 unspecified atom stereocenters. The van der Waals surface area contributed by atoms with Crippen molar-refractivity contribution < 1.29 is 4.74 Å². The third-order valence-corrected chi connectivity index (χ3v) is 2.88. The monoisotopic (exact) mass is 252 g/mol. The predicted molar refractivity (Wildman–Crippen MR) is 68.5 cm³/mol. The number of halogens is 2. The van der Waals surface area contributed by atoms with Gasteiger partial charge in [-0.15, -0.1) is 0 Å². The van der Waals surface area contributed by atoms with Crippen LogP contribution >= 0.6 is 23.2 Å². The smallest absolute Gasteiger partial charge is 0.126 e. The topological polar surface area (TPSA) is 9.23 Å². The fraction of sp³-hybridized carbons (Fsp3) is 0.0769. The number of ether oxygens (including phenoxy) is 1. The zero-order valence-corrected chi connectivity index (χ0v) is 10.2. The van der Waals surface area contributed by atoms with Gasteiger partial charge < -0.3 is 4.74 Å². The Labute approximate surface area is 105 Å². The third kappa shape index (κ3) is 2.16. The van der Waals surface area contributed by atoms with Gasteiger partial charge in [0.2, 0.25) is 0 Å². The van der Waals surface area contributed by atoms with Crippen molar-refractivity contribution in [2.75, 3.05) is 7.11 Å². The van der Waals surface area contributed by atoms with Gasteiger partial charge in [-0.1, -0.05) is 47.5 Å². The van der Waals surface area contributed by atoms with Gasteiger partial charge in [-0.05, 0) is 18.2 Å². The quantitative estimate of drug-likeness (QED) is 0.755. The molecule has 0 heterocycles. The van der Waals surface area contributed by atoms with Crippen molar-refractivity contribution in [3.8, 4) is 16.9 Å². The van der Waals surface area contributed by atoms with E-state index in [-0.39, 0.29) is 0 Å². The number of hydrogen-bond acceptors (Lipinski definition) is 1. The minimum Gasteiger partial charge on any atom is -0.496 e. The highest BCUT2D eigenvalue weighted by Crippen LogP contribution is 2.35. The molecule has 2 aromatic rings. The van der Waals surface area contributed by atoms with E-state index < -0.39 is 0 Å². The molecular weight excluding hydrogens is 243 g/mol. The van der Waals surface area contributed by atoms with Crippen LogP contribution in [0.5, 0.6) is 5.75 Å². The van der Waals surface area contributed by atoms with E-state index in [4.69, 9.17) is 27.9 Å². The standard InChI is InChI=1S/C13H10Cl2O/c1-16-13-5-3-2-4-11(13)10-7-6-9(14)8-12(10)15/h2-8H,1H3. The van der Waals surface area contributed by atoms with Crippen LogP contribution in [0, 0.1) is 0 Å². The molecule has 0 spiro atoms. The molecule has 0 amide bonds. The molecule has 0 aliphatic rings. The SMILES string of the molecule is COc1ccccc1-c1ccc(Cl)cc1Cl. The van der Waals surface area contributed by atoms with Crippen LogP contribution in [-0.4, -0.2) is 7.11 Å². The van der Waals surface area contributed by atoms with Gasteiger partial charge in [0.15, 0.2) is 0 Å². The van der Waals surface area contributed by atoms with Crippen molar-refractivity contribution >= 4 is 23.2 Å². The van der Waals surface area contributed by atoms with Crippen LogP contribution < -0.4 is 4.74 Å². The fourth-order valence-corrected chi connectivity index (χ4v) is 2.09. The highest BCUT2D eigenvalue weighted by atomic mass is 35.5. The molecule has 0 N–H and O–H groups in total. The van der Waals surface area contributed by atoms with Crippen LogP contribution in [0.15, 0.2) is 42.5 Å². The van der Waals surface area contributed by atoms with Crippen molar-refractivity contribution in [2.45, 2.75) is 0 Å². The molecule has 2 rings (SSSR count). The van der Waals surface area contributed by atoms with E-state index in [9.17, 15) is 0 Å². The molecule has 0 fully saturated rings. The first-order chi connectivity index (χ1) is 7.72. The Bertz CT molecular complexity index is 509. The summed E-state index contributed by atoms with van der Waals surface area (Å²) < 4.78 is 5.29. The lowest BCUT2D eigenvalue weighted by molar-refractivity contribution is 0.416. The lowest BCUT2D eigenvalue weighted by Gasteiger charge is -2.09. The summed E-state index contributed by atoms with van der Waals surface area (Å²) in [6, 6.07) is 13.2. The van der Waals surface area contributed by atoms with E-state index in [0.29, 0.717) is 10.0 Å². The van der Waals surface area contributed by atoms with E-state index in [1.54, 1.807) is 13.2 Å². The van der Waals surface area contributed by atoms with Crippen LogP contribution in [0.1, 0.15) is 0 Å². The lowest BCUT2D eigenvalue weighted by Crippen LogP contribution is -1.87. The van der Waals surface area contributed by atoms with Crippen LogP contribution in [0.2, 0.25) is 10.0 Å². The van der Waals surface area contributed by atoms with E-state index in [1.807, 2.05) is 36.4 Å². The third-order valence-electron chi connectivity index (χ3n) is 2.33. The minimum atomic E-state index is 0.622. The molecule has 16 heavy (non-hydrogen) atoms. The second kappa shape index (κ2) is 4.77. The highest BCUT2D eigenvalue weighted by Gasteiger charge is 2.08. The molecule has 0 radical (unpaired) electrons. The molecule has 1 nitrogen and oxygen atoms in total. The van der Waals surface area contributed by atoms with Gasteiger partial charge in [-0.3, -0.25) is 0 Å². The summed E-state index contributed by atoms with van der Waals surface area (Å²) in [6.07, 6.45) is 0. The molecular formula is C13H10Cl2O. The Morgan fingerprint density at radius 1 is 0.938 bits per heavy atom. The number of rotatable bonds is 2. The molecule has 0 aliphatic heterocycles. The van der Waals surface area contributed by atoms with E-state index >= 15 is 0 Å². The average molecular weight is 253 g/mol. The first kappa shape index (κ1) is 11.3. The fourth-order valence-electron chi connectivity index (χ4n) is 1.58. The average Bonchev–Trinajstić information content (AvgIpc) is 2.29. The van der Waals surface area contributed by atoms with Crippen molar-refractivity contribution in [3.05, 3.63) is 52.5 Å². The summed E-state index contributed by atoms with van der Waals surface area (Å²) >= 11 is 12.0. The molecule has 0 atom stereocenters. The Kier molecular flexibility index (Phi) is 3.37. The zero-order valence-electron chi connectivity index (χ0n) is 8.71. The number of hydrogen-bond donors (Lipinski definition) is 0. The van der Waals surface area contributed by atoms with Gasteiger partial charge in [0, 0.05) is 16.1 Å². The maximum Gasteiger partial charge on any atom is 0.126 e. The van der Waals surface area contributed by atoms with E-state index in [1.165, 1.54) is 0 Å². The van der Waals surface area contributed by atoms with Crippen LogP contribution in [0.4, 0.5) is 0 Å². The number of methoxy groups -OCH3 is 1. The second-order valence-electron chi connectivity index (χ2n) is 3.32. The minimum absolute atomic E-state index is 0.622. The summed E-state index contributed by atoms with van der Waals surface area (Å²) in [5.74, 6) is 0.798. The zero-order chi connectivity index (χ0) is 11.5. The highest BCUT2D eigenvalue weighted by molar-refractivity contribution is 6.36. The van der Waals surface area contributed by atoms with Gasteiger partial charge in [0.25, 0.3) is 0 Å². The second-order valence-corrected chi connectivity index (χ2v) is 4.17. The van der Waals surface area contributed by atoms with Gasteiger partial charge in [-0.25, -0.2) is 0 Å². The molecule has 0 bridgehead atoms. The molecule has 3 heteroatoms. The summed E-state index contributed by atoms with van der Waals surface area (Å²) in [6.45, 7) is 0. The van der Waals surface area contributed by atoms with Gasteiger partial charge in [0.05, 0.1) is 12.1 Å². The molecule has 82 valence electrons. The van der Waals surface area contributed by atoms with Gasteiger partial charge >= 0.3 is 0 Å². The molecule has 0 aromatic heterocycles. The first-order valence-corrected chi connectivity index (χ1v) is 5.56. The van der Waals surface area contributed by atoms with E-state index in [2.05, 4.69) is 0 Å². The van der Waals surface area contributed by atoms with Crippen molar-refractivity contribution in [2.24, 2.45) is 0 Å². The molecule has 0 saturated carbocycles. The lowest BCUT2D eigenvalue weighted by atomic mass is 10.0. The normalized spacial score (nSPS) is 10.2. The first-order valence-electron chi connectivity index (χ1n) is 4.81. The molecule has 0 saturated heterocycles. The summed E-state index contributed by atoms with van der Waals surface area (Å²) in [4.78, 5) is 0.